The van der Waals surface area contributed by atoms with Crippen molar-refractivity contribution < 1.29 is 18.0 Å². The van der Waals surface area contributed by atoms with Crippen LogP contribution >= 0.6 is 11.6 Å². The molecule has 1 aromatic carbocycles. The SMILES string of the molecule is CS(=O)(=O)c1cc(Cl)cc(NC(=O)c2cc(C(=O)N3CCCCC3)n(-c3ccccn3)c2)c1. The second kappa shape index (κ2) is 9.36. The minimum Gasteiger partial charge on any atom is -0.337 e. The summed E-state index contributed by atoms with van der Waals surface area (Å²) >= 11 is 6.04. The van der Waals surface area contributed by atoms with E-state index in [0.29, 0.717) is 24.6 Å². The van der Waals surface area contributed by atoms with Gasteiger partial charge in [-0.1, -0.05) is 17.7 Å². The lowest BCUT2D eigenvalue weighted by Crippen LogP contribution is -2.36. The molecule has 3 aromatic rings. The van der Waals surface area contributed by atoms with E-state index < -0.39 is 15.7 Å². The van der Waals surface area contributed by atoms with Crippen molar-refractivity contribution in [3.63, 3.8) is 0 Å². The fraction of sp³-hybridized carbons (Fsp3) is 0.261. The average molecular weight is 487 g/mol. The van der Waals surface area contributed by atoms with Gasteiger partial charge in [0, 0.05) is 42.4 Å². The Kier molecular flexibility index (Phi) is 6.53. The third-order valence-electron chi connectivity index (χ3n) is 5.40. The van der Waals surface area contributed by atoms with E-state index in [1.54, 1.807) is 40.1 Å². The molecule has 0 aliphatic carbocycles. The summed E-state index contributed by atoms with van der Waals surface area (Å²) in [5.41, 5.74) is 0.813. The first-order chi connectivity index (χ1) is 15.7. The number of pyridine rings is 1. The van der Waals surface area contributed by atoms with Gasteiger partial charge in [0.15, 0.2) is 9.84 Å². The maximum absolute atomic E-state index is 13.2. The molecule has 0 bridgehead atoms. The molecular weight excluding hydrogens is 464 g/mol. The Morgan fingerprint density at radius 2 is 1.82 bits per heavy atom. The van der Waals surface area contributed by atoms with Gasteiger partial charge in [-0.3, -0.25) is 14.2 Å². The zero-order valence-electron chi connectivity index (χ0n) is 18.0. The number of nitrogens with one attached hydrogen (secondary N) is 1. The summed E-state index contributed by atoms with van der Waals surface area (Å²) in [5.74, 6) is -0.153. The highest BCUT2D eigenvalue weighted by molar-refractivity contribution is 7.90. The predicted octanol–water partition coefficient (Wildman–Crippen LogP) is 3.81. The maximum atomic E-state index is 13.2. The number of likely N-dealkylation sites (tertiary alicyclic amines) is 1. The topological polar surface area (TPSA) is 101 Å². The summed E-state index contributed by atoms with van der Waals surface area (Å²) in [4.78, 5) is 32.4. The van der Waals surface area contributed by atoms with Crippen molar-refractivity contribution in [1.29, 1.82) is 0 Å². The Labute approximate surface area is 197 Å². The van der Waals surface area contributed by atoms with Gasteiger partial charge in [0.1, 0.15) is 11.5 Å². The minimum atomic E-state index is -3.51. The molecule has 33 heavy (non-hydrogen) atoms. The monoisotopic (exact) mass is 486 g/mol. The van der Waals surface area contributed by atoms with E-state index >= 15 is 0 Å². The third-order valence-corrected chi connectivity index (χ3v) is 6.71. The van der Waals surface area contributed by atoms with Crippen LogP contribution in [-0.4, -0.2) is 54.0 Å². The van der Waals surface area contributed by atoms with Crippen molar-refractivity contribution in [3.05, 3.63) is 71.1 Å². The zero-order chi connectivity index (χ0) is 23.6. The summed E-state index contributed by atoms with van der Waals surface area (Å²) in [5, 5.41) is 2.86. The predicted molar refractivity (Wildman–Crippen MR) is 126 cm³/mol. The van der Waals surface area contributed by atoms with Crippen molar-refractivity contribution in [3.8, 4) is 5.82 Å². The number of carbonyl (C=O) groups is 2. The molecule has 0 spiro atoms. The Balaban J connectivity index is 1.68. The number of piperidine rings is 1. The van der Waals surface area contributed by atoms with Crippen molar-refractivity contribution in [2.45, 2.75) is 24.2 Å². The lowest BCUT2D eigenvalue weighted by Gasteiger charge is -2.27. The fourth-order valence-electron chi connectivity index (χ4n) is 3.75. The Morgan fingerprint density at radius 3 is 2.48 bits per heavy atom. The number of rotatable bonds is 5. The molecule has 8 nitrogen and oxygen atoms in total. The molecule has 1 aliphatic rings. The fourth-order valence-corrected chi connectivity index (χ4v) is 4.73. The van der Waals surface area contributed by atoms with Crippen LogP contribution in [0.4, 0.5) is 5.69 Å². The molecule has 0 atom stereocenters. The molecule has 2 amide bonds. The summed E-state index contributed by atoms with van der Waals surface area (Å²) in [7, 11) is -3.51. The van der Waals surface area contributed by atoms with Gasteiger partial charge in [0.2, 0.25) is 0 Å². The number of anilines is 1. The lowest BCUT2D eigenvalue weighted by molar-refractivity contribution is 0.0716. The molecule has 1 fully saturated rings. The van der Waals surface area contributed by atoms with E-state index in [9.17, 15) is 18.0 Å². The third kappa shape index (κ3) is 5.26. The van der Waals surface area contributed by atoms with Crippen LogP contribution in [0.15, 0.2) is 59.8 Å². The van der Waals surface area contributed by atoms with Crippen LogP contribution in [-0.2, 0) is 9.84 Å². The highest BCUT2D eigenvalue weighted by atomic mass is 35.5. The number of amides is 2. The highest BCUT2D eigenvalue weighted by Crippen LogP contribution is 2.24. The summed E-state index contributed by atoms with van der Waals surface area (Å²) < 4.78 is 25.4. The van der Waals surface area contributed by atoms with E-state index in [4.69, 9.17) is 11.6 Å². The molecule has 2 aromatic heterocycles. The van der Waals surface area contributed by atoms with Crippen molar-refractivity contribution >= 4 is 38.9 Å². The van der Waals surface area contributed by atoms with Crippen LogP contribution in [0.5, 0.6) is 0 Å². The van der Waals surface area contributed by atoms with Gasteiger partial charge in [-0.05, 0) is 55.7 Å². The van der Waals surface area contributed by atoms with Crippen LogP contribution in [0.3, 0.4) is 0 Å². The second-order valence-electron chi connectivity index (χ2n) is 7.93. The first kappa shape index (κ1) is 23.0. The van der Waals surface area contributed by atoms with Crippen LogP contribution in [0.25, 0.3) is 5.82 Å². The van der Waals surface area contributed by atoms with E-state index in [0.717, 1.165) is 25.5 Å². The summed E-state index contributed by atoms with van der Waals surface area (Å²) in [6, 6.07) is 11.0. The molecule has 1 aliphatic heterocycles. The first-order valence-corrected chi connectivity index (χ1v) is 12.7. The van der Waals surface area contributed by atoms with Gasteiger partial charge in [-0.2, -0.15) is 0 Å². The van der Waals surface area contributed by atoms with Gasteiger partial charge < -0.3 is 10.2 Å². The van der Waals surface area contributed by atoms with E-state index in [2.05, 4.69) is 10.3 Å². The van der Waals surface area contributed by atoms with E-state index in [-0.39, 0.29) is 27.1 Å². The molecule has 1 saturated heterocycles. The van der Waals surface area contributed by atoms with Crippen molar-refractivity contribution in [1.82, 2.24) is 14.5 Å². The van der Waals surface area contributed by atoms with Crippen LogP contribution in [0, 0.1) is 0 Å². The maximum Gasteiger partial charge on any atom is 0.270 e. The molecule has 3 heterocycles. The second-order valence-corrected chi connectivity index (χ2v) is 10.4. The molecule has 0 saturated carbocycles. The van der Waals surface area contributed by atoms with Crippen LogP contribution < -0.4 is 5.32 Å². The van der Waals surface area contributed by atoms with Crippen LogP contribution in [0.1, 0.15) is 40.1 Å². The Bertz CT molecular complexity index is 1300. The standard InChI is InChI=1S/C23H23ClN4O4S/c1-33(31,32)19-13-17(24)12-18(14-19)26-22(29)16-11-20(23(30)27-9-5-2-6-10-27)28(15-16)21-7-3-4-8-25-21/h3-4,7-8,11-15H,2,5-6,9-10H2,1H3,(H,26,29). The van der Waals surface area contributed by atoms with Gasteiger partial charge in [0.05, 0.1) is 10.5 Å². The largest absolute Gasteiger partial charge is 0.337 e. The number of benzene rings is 1. The van der Waals surface area contributed by atoms with Gasteiger partial charge in [-0.25, -0.2) is 13.4 Å². The Hall–Kier alpha value is -3.17. The molecule has 172 valence electrons. The molecule has 0 radical (unpaired) electrons. The number of hydrogen-bond donors (Lipinski definition) is 1. The first-order valence-electron chi connectivity index (χ1n) is 10.5. The van der Waals surface area contributed by atoms with Crippen molar-refractivity contribution in [2.75, 3.05) is 24.7 Å². The van der Waals surface area contributed by atoms with E-state index in [1.807, 2.05) is 0 Å². The minimum absolute atomic E-state index is 0.00248. The molecule has 10 heteroatoms. The van der Waals surface area contributed by atoms with Gasteiger partial charge in [0.25, 0.3) is 11.8 Å². The van der Waals surface area contributed by atoms with Crippen molar-refractivity contribution in [2.24, 2.45) is 0 Å². The molecule has 1 N–H and O–H groups in total. The number of carbonyl (C=O) groups excluding carboxylic acids is 2. The number of sulfone groups is 1. The quantitative estimate of drug-likeness (QED) is 0.591. The number of aromatic nitrogens is 2. The number of hydrogen-bond acceptors (Lipinski definition) is 5. The van der Waals surface area contributed by atoms with Crippen LogP contribution in [0.2, 0.25) is 5.02 Å². The molecule has 4 rings (SSSR count). The van der Waals surface area contributed by atoms with Gasteiger partial charge >= 0.3 is 0 Å². The number of nitrogens with zero attached hydrogens (tertiary/aromatic N) is 3. The summed E-state index contributed by atoms with van der Waals surface area (Å²) in [6.45, 7) is 1.34. The normalized spacial score (nSPS) is 14.2. The van der Waals surface area contributed by atoms with Gasteiger partial charge in [-0.15, -0.1) is 0 Å². The average Bonchev–Trinajstić information content (AvgIpc) is 3.24. The zero-order valence-corrected chi connectivity index (χ0v) is 19.6. The lowest BCUT2D eigenvalue weighted by atomic mass is 10.1. The smallest absolute Gasteiger partial charge is 0.270 e. The summed E-state index contributed by atoms with van der Waals surface area (Å²) in [6.07, 6.45) is 7.21. The Morgan fingerprint density at radius 1 is 1.06 bits per heavy atom. The number of halogens is 1. The highest BCUT2D eigenvalue weighted by Gasteiger charge is 2.25. The van der Waals surface area contributed by atoms with E-state index in [1.165, 1.54) is 24.3 Å². The molecule has 0 unspecified atom stereocenters. The molecular formula is C23H23ClN4O4S.